The first kappa shape index (κ1) is 30.8. The summed E-state index contributed by atoms with van der Waals surface area (Å²) in [6.07, 6.45) is -12.1. The van der Waals surface area contributed by atoms with Crippen LogP contribution in [0.2, 0.25) is 0 Å². The third-order valence-electron chi connectivity index (χ3n) is 8.10. The zero-order chi connectivity index (χ0) is 37.0. The summed E-state index contributed by atoms with van der Waals surface area (Å²) >= 11 is 0. The number of ether oxygens (including phenoxy) is 3. The topological polar surface area (TPSA) is 247 Å². The number of phenolic OH excluding ortho intramolecular Hbond substituents is 2. The number of carboxylic acids is 1. The number of rotatable bonds is 5. The number of aliphatic carboxylic acids is 1. The van der Waals surface area contributed by atoms with Gasteiger partial charge in [-0.05, 0) is 13.0 Å². The number of benzene rings is 2. The second-order valence-electron chi connectivity index (χ2n) is 11.0. The molecule has 252 valence electrons. The van der Waals surface area contributed by atoms with E-state index in [0.29, 0.717) is 0 Å². The average Bonchev–Trinajstić information content (AvgIpc) is 2.98. The molecule has 2 aromatic carbocycles. The van der Waals surface area contributed by atoms with Gasteiger partial charge in [0.15, 0.2) is 12.1 Å². The van der Waals surface area contributed by atoms with Crippen LogP contribution in [0.25, 0.3) is 0 Å². The lowest BCUT2D eigenvalue weighted by molar-refractivity contribution is -0.251. The predicted octanol–water partition coefficient (Wildman–Crippen LogP) is 0.426. The summed E-state index contributed by atoms with van der Waals surface area (Å²) in [6.45, 7) is 0.683. The highest BCUT2D eigenvalue weighted by Gasteiger charge is 2.50. The van der Waals surface area contributed by atoms with Crippen molar-refractivity contribution >= 4 is 17.5 Å². The van der Waals surface area contributed by atoms with Gasteiger partial charge in [0.2, 0.25) is 5.78 Å². The summed E-state index contributed by atoms with van der Waals surface area (Å²) in [5.74, 6) is -6.66. The van der Waals surface area contributed by atoms with Crippen LogP contribution in [-0.2, 0) is 20.7 Å². The normalized spacial score (nSPS) is 29.1. The summed E-state index contributed by atoms with van der Waals surface area (Å²) < 4.78 is 70.7. The van der Waals surface area contributed by atoms with Crippen molar-refractivity contribution in [3.63, 3.8) is 0 Å². The van der Waals surface area contributed by atoms with Gasteiger partial charge in [0, 0.05) is 42.0 Å². The van der Waals surface area contributed by atoms with Crippen LogP contribution in [0, 0.1) is 0 Å². The summed E-state index contributed by atoms with van der Waals surface area (Å²) in [5.41, 5.74) is 1.56. The number of carbonyl (C=O) groups is 3. The first-order chi connectivity index (χ1) is 22.5. The monoisotopic (exact) mass is 663 g/mol. The van der Waals surface area contributed by atoms with Gasteiger partial charge in [-0.15, -0.1) is 0 Å². The second-order valence-corrected chi connectivity index (χ2v) is 11.0. The third-order valence-corrected chi connectivity index (χ3v) is 8.10. The molecule has 0 aromatic heterocycles. The fourth-order valence-corrected chi connectivity index (χ4v) is 5.76. The first-order valence-corrected chi connectivity index (χ1v) is 13.6. The number of alkyl halides is 3. The maximum Gasteiger partial charge on any atom is 0.490 e. The first-order valence-electron chi connectivity index (χ1n) is 15.1. The van der Waals surface area contributed by atoms with Crippen molar-refractivity contribution in [1.29, 1.82) is 0 Å². The predicted molar refractivity (Wildman–Crippen MR) is 146 cm³/mol. The maximum atomic E-state index is 13.8. The molecule has 7 atom stereocenters. The summed E-state index contributed by atoms with van der Waals surface area (Å²) in [6, 6.07) is 2.94. The lowest BCUT2D eigenvalue weighted by Gasteiger charge is -2.44. The van der Waals surface area contributed by atoms with Gasteiger partial charge in [-0.25, -0.2) is 4.79 Å². The van der Waals surface area contributed by atoms with E-state index < -0.39 is 126 Å². The fourth-order valence-electron chi connectivity index (χ4n) is 5.76. The Morgan fingerprint density at radius 2 is 1.83 bits per heavy atom. The molecule has 14 nitrogen and oxygen atoms in total. The van der Waals surface area contributed by atoms with E-state index in [1.54, 1.807) is 6.92 Å². The molecule has 1 saturated heterocycles. The summed E-state index contributed by atoms with van der Waals surface area (Å²) in [4.78, 5) is 36.3. The third kappa shape index (κ3) is 6.14. The Morgan fingerprint density at radius 1 is 1.20 bits per heavy atom. The summed E-state index contributed by atoms with van der Waals surface area (Å²) in [7, 11) is -2.97. The van der Waals surface area contributed by atoms with Crippen LogP contribution < -0.4 is 10.5 Å². The zero-order valence-electron chi connectivity index (χ0n) is 26.8. The van der Waals surface area contributed by atoms with Crippen molar-refractivity contribution in [2.45, 2.75) is 74.7 Å². The number of phenols is 2. The van der Waals surface area contributed by atoms with Gasteiger partial charge in [-0.1, -0.05) is 12.1 Å². The Bertz CT molecular complexity index is 1640. The smallest absolute Gasteiger partial charge is 0.490 e. The Hall–Kier alpha value is -3.84. The van der Waals surface area contributed by atoms with Crippen LogP contribution in [0.4, 0.5) is 13.2 Å². The maximum absolute atomic E-state index is 13.8. The molecule has 1 fully saturated rings. The van der Waals surface area contributed by atoms with E-state index in [9.17, 15) is 53.4 Å². The molecular formula is C29H32F3NO13. The van der Waals surface area contributed by atoms with Gasteiger partial charge in [0.1, 0.15) is 23.4 Å². The number of hydrogen-bond acceptors (Lipinski definition) is 13. The Labute approximate surface area is 262 Å². The van der Waals surface area contributed by atoms with Gasteiger partial charge in [-0.3, -0.25) is 9.59 Å². The summed E-state index contributed by atoms with van der Waals surface area (Å²) in [5, 5.41) is 71.7. The minimum absolute atomic E-state index is 0.0172. The number of carboxylic acid groups (broad SMARTS) is 1. The van der Waals surface area contributed by atoms with Crippen molar-refractivity contribution in [1.82, 2.24) is 0 Å². The molecule has 1 aliphatic heterocycles. The minimum Gasteiger partial charge on any atom is -0.507 e. The highest BCUT2D eigenvalue weighted by atomic mass is 19.4. The number of methoxy groups -OCH3 is 1. The number of carbonyl (C=O) groups excluding carboxylic acids is 2. The molecule has 1 heterocycles. The van der Waals surface area contributed by atoms with E-state index in [2.05, 4.69) is 0 Å². The molecule has 5 rings (SSSR count). The Kier molecular flexibility index (Phi) is 8.53. The number of hydrogen-bond donors (Lipinski definition) is 8. The quantitative estimate of drug-likeness (QED) is 0.136. The molecule has 0 bridgehead atoms. The van der Waals surface area contributed by atoms with E-state index in [0.717, 1.165) is 0 Å². The van der Waals surface area contributed by atoms with Crippen molar-refractivity contribution in [3.05, 3.63) is 51.6 Å². The molecule has 17 heteroatoms. The van der Waals surface area contributed by atoms with Crippen LogP contribution in [0.3, 0.4) is 0 Å². The lowest BCUT2D eigenvalue weighted by atomic mass is 9.71. The molecule has 0 spiro atoms. The standard InChI is InChI=1S/C27H31NO11.C2HF3O2/c1-10-22(31)13(28)6-17(38-10)39-15-8-27(36,16(30)9-29)7-12-19(15)26(35)21-20(24(12)33)23(32)11-4-3-5-14(37-2)18(11)25(21)34;3-2(4,5)1(6)7/h3-5,10,13,15-17,22,29-31,33,35-36H,6-9,28H2,1-2H3;(H,6,7)/t10-,13-,15-,16+,17-,22+,27-;/m0./s1/i2+1D3;. The molecular weight excluding hydrogens is 628 g/mol. The van der Waals surface area contributed by atoms with Crippen LogP contribution in [0.5, 0.6) is 17.2 Å². The van der Waals surface area contributed by atoms with Gasteiger partial charge >= 0.3 is 12.1 Å². The number of ketones is 2. The Morgan fingerprint density at radius 3 is 2.39 bits per heavy atom. The fraction of sp³-hybridized carbons (Fsp3) is 0.483. The van der Waals surface area contributed by atoms with Crippen molar-refractivity contribution < 1.29 is 81.6 Å². The van der Waals surface area contributed by atoms with Crippen molar-refractivity contribution in [2.75, 3.05) is 13.6 Å². The molecule has 2 aliphatic carbocycles. The zero-order valence-corrected chi connectivity index (χ0v) is 23.8. The van der Waals surface area contributed by atoms with Gasteiger partial charge in [-0.2, -0.15) is 13.2 Å². The number of aliphatic hydroxyl groups is 4. The highest BCUT2D eigenvalue weighted by molar-refractivity contribution is 6.31. The van der Waals surface area contributed by atoms with E-state index in [1.165, 1.54) is 18.2 Å². The van der Waals surface area contributed by atoms with Gasteiger partial charge in [0.25, 0.3) is 0 Å². The van der Waals surface area contributed by atoms with Crippen LogP contribution >= 0.6 is 0 Å². The van der Waals surface area contributed by atoms with Crippen molar-refractivity contribution in [3.8, 4) is 17.2 Å². The molecule has 0 saturated carbocycles. The van der Waals surface area contributed by atoms with Crippen LogP contribution in [0.15, 0.2) is 18.2 Å². The number of aliphatic hydroxyl groups excluding tert-OH is 3. The molecule has 2 aromatic rings. The van der Waals surface area contributed by atoms with E-state index >= 15 is 0 Å². The van der Waals surface area contributed by atoms with E-state index in [4.69, 9.17) is 34.0 Å². The number of aromatic hydroxyl groups is 2. The van der Waals surface area contributed by atoms with Crippen molar-refractivity contribution in [2.24, 2.45) is 5.73 Å². The lowest BCUT2D eigenvalue weighted by Crippen LogP contribution is -2.53. The molecule has 46 heavy (non-hydrogen) atoms. The molecule has 9 N–H and O–H groups in total. The largest absolute Gasteiger partial charge is 0.507 e. The SMILES string of the molecule is O=C(O)C(F)(F)F.[2H][13C]([2H])([2H])Oc1cccc2c1C(=O)c1c(O)c3c(c(O)c1C2=O)C[C@@](O)([C@H](O)CO)C[C@@H]3O[C@H]1C[C@H](N)[C@H](O)[C@H](C)O1. The molecule has 0 unspecified atom stereocenters. The highest BCUT2D eigenvalue weighted by Crippen LogP contribution is 2.53. The van der Waals surface area contributed by atoms with Crippen LogP contribution in [0.1, 0.15) is 73.0 Å². The van der Waals surface area contributed by atoms with E-state index in [1.807, 2.05) is 0 Å². The number of fused-ring (bicyclic) bond motifs is 3. The van der Waals surface area contributed by atoms with Gasteiger partial charge < -0.3 is 55.7 Å². The van der Waals surface area contributed by atoms with Crippen LogP contribution in [-0.4, -0.2) is 109 Å². The van der Waals surface area contributed by atoms with Gasteiger partial charge in [0.05, 0.1) is 58.4 Å². The molecule has 0 amide bonds. The molecule has 0 radical (unpaired) electrons. The number of nitrogens with two attached hydrogens (primary N) is 1. The average molecular weight is 664 g/mol. The number of halogens is 3. The second kappa shape index (κ2) is 12.7. The Balaban J connectivity index is 0.000000698. The van der Waals surface area contributed by atoms with E-state index in [-0.39, 0.29) is 23.1 Å². The molecule has 3 aliphatic rings. The minimum atomic E-state index is -5.08.